The maximum atomic E-state index is 11.9. The van der Waals surface area contributed by atoms with Crippen LogP contribution in [0, 0.1) is 0 Å². The molecule has 3 rings (SSSR count). The van der Waals surface area contributed by atoms with Crippen LogP contribution in [0.2, 0.25) is 0 Å². The molecular formula is C15H17N3O2. The van der Waals surface area contributed by atoms with Crippen molar-refractivity contribution in [2.75, 3.05) is 25.0 Å². The van der Waals surface area contributed by atoms with Gasteiger partial charge in [-0.05, 0) is 11.5 Å². The third-order valence-electron chi connectivity index (χ3n) is 3.52. The van der Waals surface area contributed by atoms with E-state index in [2.05, 4.69) is 16.0 Å². The van der Waals surface area contributed by atoms with E-state index in [1.54, 1.807) is 0 Å². The van der Waals surface area contributed by atoms with Crippen LogP contribution in [0.3, 0.4) is 0 Å². The first-order chi connectivity index (χ1) is 9.66. The first-order valence-electron chi connectivity index (χ1n) is 6.62. The normalized spacial score (nSPS) is 16.4. The van der Waals surface area contributed by atoms with E-state index in [4.69, 9.17) is 0 Å². The minimum atomic E-state index is -0.809. The summed E-state index contributed by atoms with van der Waals surface area (Å²) in [6.45, 7) is 1.28. The Morgan fingerprint density at radius 3 is 2.70 bits per heavy atom. The maximum absolute atomic E-state index is 11.9. The fourth-order valence-electron chi connectivity index (χ4n) is 2.28. The molecule has 0 atom stereocenters. The number of β-amino-alcohol motifs (C(OH)–C–C–N with tert-alkyl or cyclic N) is 1. The molecule has 5 heteroatoms. The van der Waals surface area contributed by atoms with Gasteiger partial charge in [-0.1, -0.05) is 36.4 Å². The molecular weight excluding hydrogens is 254 g/mol. The third-order valence-corrected chi connectivity index (χ3v) is 3.52. The smallest absolute Gasteiger partial charge is 0.319 e. The van der Waals surface area contributed by atoms with Crippen LogP contribution in [0.5, 0.6) is 0 Å². The second-order valence-corrected chi connectivity index (χ2v) is 5.16. The molecule has 1 aliphatic heterocycles. The van der Waals surface area contributed by atoms with Crippen molar-refractivity contribution in [2.45, 2.75) is 5.60 Å². The van der Waals surface area contributed by atoms with Gasteiger partial charge in [0.1, 0.15) is 5.60 Å². The van der Waals surface area contributed by atoms with Gasteiger partial charge in [0.25, 0.3) is 0 Å². The van der Waals surface area contributed by atoms with Gasteiger partial charge in [-0.25, -0.2) is 4.79 Å². The van der Waals surface area contributed by atoms with E-state index in [1.165, 1.54) is 0 Å². The summed E-state index contributed by atoms with van der Waals surface area (Å²) < 4.78 is 0. The largest absolute Gasteiger partial charge is 0.385 e. The van der Waals surface area contributed by atoms with Crippen molar-refractivity contribution < 1.29 is 9.90 Å². The second-order valence-electron chi connectivity index (χ2n) is 5.16. The highest BCUT2D eigenvalue weighted by Gasteiger charge is 2.34. The average molecular weight is 271 g/mol. The predicted molar refractivity (Wildman–Crippen MR) is 78.8 cm³/mol. The standard InChI is InChI=1S/C15H17N3O2/c19-14(17-10-15(20)8-16-9-15)18-13-7-3-5-11-4-1-2-6-12(11)13/h1-7,16,20H,8-10H2,(H2,17,18,19). The fraction of sp³-hybridized carbons (Fsp3) is 0.267. The quantitative estimate of drug-likeness (QED) is 0.680. The summed E-state index contributed by atoms with van der Waals surface area (Å²) >= 11 is 0. The van der Waals surface area contributed by atoms with Gasteiger partial charge in [-0.2, -0.15) is 0 Å². The molecule has 1 fully saturated rings. The van der Waals surface area contributed by atoms with E-state index in [-0.39, 0.29) is 12.6 Å². The Balaban J connectivity index is 1.68. The number of hydrogen-bond donors (Lipinski definition) is 4. The molecule has 1 heterocycles. The van der Waals surface area contributed by atoms with Crippen LogP contribution in [-0.4, -0.2) is 36.4 Å². The zero-order valence-electron chi connectivity index (χ0n) is 11.0. The van der Waals surface area contributed by atoms with Crippen LogP contribution in [0.4, 0.5) is 10.5 Å². The number of anilines is 1. The molecule has 5 nitrogen and oxygen atoms in total. The number of rotatable bonds is 3. The highest BCUT2D eigenvalue weighted by atomic mass is 16.3. The molecule has 1 aliphatic rings. The minimum absolute atomic E-state index is 0.247. The van der Waals surface area contributed by atoms with E-state index >= 15 is 0 Å². The van der Waals surface area contributed by atoms with E-state index in [1.807, 2.05) is 42.5 Å². The molecule has 20 heavy (non-hydrogen) atoms. The Kier molecular flexibility index (Phi) is 3.30. The van der Waals surface area contributed by atoms with Crippen molar-refractivity contribution in [1.29, 1.82) is 0 Å². The summed E-state index contributed by atoms with van der Waals surface area (Å²) in [5, 5.41) is 20.5. The Labute approximate surface area is 117 Å². The first-order valence-corrected chi connectivity index (χ1v) is 6.62. The molecule has 0 aliphatic carbocycles. The van der Waals surface area contributed by atoms with Crippen molar-refractivity contribution in [3.05, 3.63) is 42.5 Å². The zero-order valence-corrected chi connectivity index (χ0v) is 11.0. The predicted octanol–water partition coefficient (Wildman–Crippen LogP) is 1.30. The summed E-state index contributed by atoms with van der Waals surface area (Å²) in [6, 6.07) is 13.3. The molecule has 2 aromatic carbocycles. The van der Waals surface area contributed by atoms with Crippen molar-refractivity contribution in [3.8, 4) is 0 Å². The van der Waals surface area contributed by atoms with E-state index in [0.29, 0.717) is 13.1 Å². The SMILES string of the molecule is O=C(NCC1(O)CNC1)Nc1cccc2ccccc12. The van der Waals surface area contributed by atoms with Crippen molar-refractivity contribution in [2.24, 2.45) is 0 Å². The van der Waals surface area contributed by atoms with Gasteiger partial charge in [-0.15, -0.1) is 0 Å². The lowest BCUT2D eigenvalue weighted by Gasteiger charge is -2.37. The van der Waals surface area contributed by atoms with Crippen molar-refractivity contribution in [3.63, 3.8) is 0 Å². The maximum Gasteiger partial charge on any atom is 0.319 e. The van der Waals surface area contributed by atoms with Gasteiger partial charge in [0.05, 0.1) is 12.2 Å². The van der Waals surface area contributed by atoms with Crippen LogP contribution in [-0.2, 0) is 0 Å². The number of urea groups is 1. The zero-order chi connectivity index (χ0) is 14.0. The van der Waals surface area contributed by atoms with Crippen LogP contribution in [0.15, 0.2) is 42.5 Å². The van der Waals surface area contributed by atoms with Gasteiger partial charge in [0, 0.05) is 18.5 Å². The molecule has 2 amide bonds. The first kappa shape index (κ1) is 12.9. The van der Waals surface area contributed by atoms with Gasteiger partial charge in [0.15, 0.2) is 0 Å². The minimum Gasteiger partial charge on any atom is -0.385 e. The van der Waals surface area contributed by atoms with E-state index in [9.17, 15) is 9.90 Å². The van der Waals surface area contributed by atoms with E-state index < -0.39 is 5.60 Å². The second kappa shape index (κ2) is 5.11. The lowest BCUT2D eigenvalue weighted by molar-refractivity contribution is -0.00575. The number of carbonyl (C=O) groups is 1. The highest BCUT2D eigenvalue weighted by Crippen LogP contribution is 2.22. The Morgan fingerprint density at radius 2 is 1.95 bits per heavy atom. The molecule has 0 spiro atoms. The van der Waals surface area contributed by atoms with Crippen molar-refractivity contribution in [1.82, 2.24) is 10.6 Å². The summed E-state index contributed by atoms with van der Waals surface area (Å²) in [6.07, 6.45) is 0. The number of carbonyl (C=O) groups excluding carboxylic acids is 1. The summed E-state index contributed by atoms with van der Waals surface area (Å²) in [4.78, 5) is 11.9. The van der Waals surface area contributed by atoms with Gasteiger partial charge < -0.3 is 21.1 Å². The summed E-state index contributed by atoms with van der Waals surface area (Å²) in [5.41, 5.74) is -0.0462. The van der Waals surface area contributed by atoms with Crippen LogP contribution >= 0.6 is 0 Å². The Hall–Kier alpha value is -2.11. The number of hydrogen-bond acceptors (Lipinski definition) is 3. The third kappa shape index (κ3) is 2.59. The highest BCUT2D eigenvalue weighted by molar-refractivity contribution is 6.01. The molecule has 2 aromatic rings. The molecule has 4 N–H and O–H groups in total. The lowest BCUT2D eigenvalue weighted by atomic mass is 9.98. The van der Waals surface area contributed by atoms with Crippen LogP contribution in [0.25, 0.3) is 10.8 Å². The molecule has 0 unspecified atom stereocenters. The monoisotopic (exact) mass is 271 g/mol. The lowest BCUT2D eigenvalue weighted by Crippen LogP contribution is -2.64. The fourth-order valence-corrected chi connectivity index (χ4v) is 2.28. The van der Waals surface area contributed by atoms with E-state index in [0.717, 1.165) is 16.5 Å². The molecule has 1 saturated heterocycles. The summed E-state index contributed by atoms with van der Waals surface area (Å²) in [7, 11) is 0. The Bertz CT molecular complexity index is 633. The molecule has 0 aromatic heterocycles. The number of amides is 2. The molecule has 104 valence electrons. The van der Waals surface area contributed by atoms with Crippen LogP contribution in [0.1, 0.15) is 0 Å². The average Bonchev–Trinajstić information content (AvgIpc) is 2.43. The summed E-state index contributed by atoms with van der Waals surface area (Å²) in [5.74, 6) is 0. The Morgan fingerprint density at radius 1 is 1.20 bits per heavy atom. The number of benzene rings is 2. The molecule has 0 bridgehead atoms. The van der Waals surface area contributed by atoms with Gasteiger partial charge >= 0.3 is 6.03 Å². The molecule has 0 radical (unpaired) electrons. The van der Waals surface area contributed by atoms with Gasteiger partial charge in [-0.3, -0.25) is 0 Å². The van der Waals surface area contributed by atoms with Crippen molar-refractivity contribution >= 4 is 22.5 Å². The van der Waals surface area contributed by atoms with Crippen LogP contribution < -0.4 is 16.0 Å². The number of fused-ring (bicyclic) bond motifs is 1. The van der Waals surface area contributed by atoms with Gasteiger partial charge in [0.2, 0.25) is 0 Å². The number of aliphatic hydroxyl groups is 1. The topological polar surface area (TPSA) is 73.4 Å². The number of nitrogens with one attached hydrogen (secondary N) is 3. The molecule has 0 saturated carbocycles.